The standard InChI is InChI=1S/C13H10ClN3O/c1-18-9-4-2-8(3-5-9)10-6-15-13-11(10)12(14)16-7-17-13/h2-7H,1H3,(H,15,16,17). The zero-order valence-electron chi connectivity index (χ0n) is 9.64. The average molecular weight is 260 g/mol. The summed E-state index contributed by atoms with van der Waals surface area (Å²) in [5, 5.41) is 1.29. The van der Waals surface area contributed by atoms with E-state index in [9.17, 15) is 0 Å². The SMILES string of the molecule is COc1ccc(-c2c[nH]c3ncnc(Cl)c23)cc1. The van der Waals surface area contributed by atoms with Gasteiger partial charge >= 0.3 is 0 Å². The van der Waals surface area contributed by atoms with Gasteiger partial charge in [0.05, 0.1) is 12.5 Å². The predicted octanol–water partition coefficient (Wildman–Crippen LogP) is 3.29. The molecule has 0 aliphatic carbocycles. The molecule has 0 aliphatic heterocycles. The summed E-state index contributed by atoms with van der Waals surface area (Å²) in [6, 6.07) is 7.77. The van der Waals surface area contributed by atoms with E-state index in [0.29, 0.717) is 5.15 Å². The van der Waals surface area contributed by atoms with Gasteiger partial charge in [0.25, 0.3) is 0 Å². The Hall–Kier alpha value is -2.07. The summed E-state index contributed by atoms with van der Waals surface area (Å²) in [6.07, 6.45) is 3.33. The first-order valence-corrected chi connectivity index (χ1v) is 5.79. The van der Waals surface area contributed by atoms with Crippen molar-refractivity contribution in [3.05, 3.63) is 41.9 Å². The zero-order valence-corrected chi connectivity index (χ0v) is 10.4. The number of nitrogens with one attached hydrogen (secondary N) is 1. The number of hydrogen-bond donors (Lipinski definition) is 1. The van der Waals surface area contributed by atoms with Gasteiger partial charge in [0.1, 0.15) is 22.9 Å². The van der Waals surface area contributed by atoms with Crippen LogP contribution in [0.3, 0.4) is 0 Å². The number of rotatable bonds is 2. The molecular weight excluding hydrogens is 250 g/mol. The van der Waals surface area contributed by atoms with E-state index in [1.165, 1.54) is 6.33 Å². The lowest BCUT2D eigenvalue weighted by molar-refractivity contribution is 0.415. The normalized spacial score (nSPS) is 10.8. The van der Waals surface area contributed by atoms with Crippen LogP contribution in [-0.4, -0.2) is 22.1 Å². The fourth-order valence-corrected chi connectivity index (χ4v) is 2.16. The molecule has 0 radical (unpaired) electrons. The smallest absolute Gasteiger partial charge is 0.142 e. The summed E-state index contributed by atoms with van der Waals surface area (Å²) in [4.78, 5) is 11.2. The first-order chi connectivity index (χ1) is 8.79. The second-order valence-corrected chi connectivity index (χ2v) is 4.18. The highest BCUT2D eigenvalue weighted by Gasteiger charge is 2.11. The van der Waals surface area contributed by atoms with Gasteiger partial charge in [0.2, 0.25) is 0 Å². The van der Waals surface area contributed by atoms with Gasteiger partial charge in [0.15, 0.2) is 0 Å². The van der Waals surface area contributed by atoms with Gasteiger partial charge in [-0.2, -0.15) is 0 Å². The van der Waals surface area contributed by atoms with Gasteiger partial charge in [-0.15, -0.1) is 0 Å². The van der Waals surface area contributed by atoms with Crippen molar-refractivity contribution >= 4 is 22.6 Å². The highest BCUT2D eigenvalue weighted by atomic mass is 35.5. The molecule has 2 heterocycles. The van der Waals surface area contributed by atoms with Gasteiger partial charge in [-0.25, -0.2) is 9.97 Å². The Morgan fingerprint density at radius 3 is 2.67 bits per heavy atom. The second-order valence-electron chi connectivity index (χ2n) is 3.82. The Morgan fingerprint density at radius 1 is 1.17 bits per heavy atom. The van der Waals surface area contributed by atoms with Crippen LogP contribution in [0, 0.1) is 0 Å². The number of fused-ring (bicyclic) bond motifs is 1. The van der Waals surface area contributed by atoms with Crippen LogP contribution in [0.5, 0.6) is 5.75 Å². The Labute approximate surface area is 109 Å². The Balaban J connectivity index is 2.18. The van der Waals surface area contributed by atoms with Crippen molar-refractivity contribution in [3.63, 3.8) is 0 Å². The molecule has 90 valence electrons. The van der Waals surface area contributed by atoms with Crippen molar-refractivity contribution in [2.24, 2.45) is 0 Å². The molecule has 2 aromatic heterocycles. The van der Waals surface area contributed by atoms with Gasteiger partial charge in [0, 0.05) is 11.8 Å². The Morgan fingerprint density at radius 2 is 1.94 bits per heavy atom. The molecule has 18 heavy (non-hydrogen) atoms. The maximum absolute atomic E-state index is 6.12. The van der Waals surface area contributed by atoms with Crippen molar-refractivity contribution in [2.75, 3.05) is 7.11 Å². The number of ether oxygens (including phenoxy) is 1. The van der Waals surface area contributed by atoms with E-state index in [0.717, 1.165) is 27.9 Å². The average Bonchev–Trinajstić information content (AvgIpc) is 2.84. The molecule has 0 saturated heterocycles. The van der Waals surface area contributed by atoms with Crippen molar-refractivity contribution < 1.29 is 4.74 Å². The van der Waals surface area contributed by atoms with Crippen LogP contribution in [0.25, 0.3) is 22.2 Å². The van der Waals surface area contributed by atoms with Gasteiger partial charge < -0.3 is 9.72 Å². The minimum absolute atomic E-state index is 0.451. The fraction of sp³-hybridized carbons (Fsp3) is 0.0769. The molecule has 0 unspecified atom stereocenters. The third kappa shape index (κ3) is 1.71. The first-order valence-electron chi connectivity index (χ1n) is 5.41. The molecule has 3 aromatic rings. The number of aromatic amines is 1. The van der Waals surface area contributed by atoms with Crippen LogP contribution in [0.2, 0.25) is 5.15 Å². The molecule has 0 amide bonds. The minimum Gasteiger partial charge on any atom is -0.497 e. The van der Waals surface area contributed by atoms with E-state index in [1.807, 2.05) is 30.5 Å². The highest BCUT2D eigenvalue weighted by Crippen LogP contribution is 2.32. The molecule has 0 saturated carbocycles. The van der Waals surface area contributed by atoms with Crippen LogP contribution in [0.4, 0.5) is 0 Å². The summed E-state index contributed by atoms with van der Waals surface area (Å²) in [5.41, 5.74) is 2.76. The van der Waals surface area contributed by atoms with Crippen molar-refractivity contribution in [2.45, 2.75) is 0 Å². The summed E-state index contributed by atoms with van der Waals surface area (Å²) in [5.74, 6) is 0.820. The molecule has 0 bridgehead atoms. The lowest BCUT2D eigenvalue weighted by Gasteiger charge is -2.02. The van der Waals surface area contributed by atoms with Crippen LogP contribution >= 0.6 is 11.6 Å². The second kappa shape index (κ2) is 4.31. The van der Waals surface area contributed by atoms with Crippen LogP contribution < -0.4 is 4.74 Å². The van der Waals surface area contributed by atoms with Gasteiger partial charge in [-0.1, -0.05) is 23.7 Å². The number of H-pyrrole nitrogens is 1. The van der Waals surface area contributed by atoms with Crippen molar-refractivity contribution in [3.8, 4) is 16.9 Å². The number of halogens is 1. The molecule has 1 aromatic carbocycles. The van der Waals surface area contributed by atoms with Crippen LogP contribution in [-0.2, 0) is 0 Å². The van der Waals surface area contributed by atoms with Crippen LogP contribution in [0.15, 0.2) is 36.8 Å². The molecule has 1 N–H and O–H groups in total. The Bertz CT molecular complexity index is 691. The molecule has 0 fully saturated rings. The fourth-order valence-electron chi connectivity index (χ4n) is 1.92. The third-order valence-electron chi connectivity index (χ3n) is 2.82. The number of benzene rings is 1. The van der Waals surface area contributed by atoms with E-state index in [-0.39, 0.29) is 0 Å². The monoisotopic (exact) mass is 259 g/mol. The molecule has 4 nitrogen and oxygen atoms in total. The largest absolute Gasteiger partial charge is 0.497 e. The van der Waals surface area contributed by atoms with E-state index in [1.54, 1.807) is 7.11 Å². The summed E-state index contributed by atoms with van der Waals surface area (Å²) < 4.78 is 5.14. The molecule has 5 heteroatoms. The first kappa shape index (κ1) is 11.0. The predicted molar refractivity (Wildman–Crippen MR) is 70.9 cm³/mol. The maximum Gasteiger partial charge on any atom is 0.142 e. The Kier molecular flexibility index (Phi) is 2.64. The molecule has 3 rings (SSSR count). The highest BCUT2D eigenvalue weighted by molar-refractivity contribution is 6.35. The van der Waals surface area contributed by atoms with E-state index in [4.69, 9.17) is 16.3 Å². The van der Waals surface area contributed by atoms with E-state index < -0.39 is 0 Å². The molecule has 0 aliphatic rings. The lowest BCUT2D eigenvalue weighted by atomic mass is 10.1. The topological polar surface area (TPSA) is 50.8 Å². The van der Waals surface area contributed by atoms with Gasteiger partial charge in [-0.3, -0.25) is 0 Å². The van der Waals surface area contributed by atoms with Gasteiger partial charge in [-0.05, 0) is 17.7 Å². The minimum atomic E-state index is 0.451. The molecular formula is C13H10ClN3O. The lowest BCUT2D eigenvalue weighted by Crippen LogP contribution is -1.84. The third-order valence-corrected chi connectivity index (χ3v) is 3.11. The summed E-state index contributed by atoms with van der Waals surface area (Å²) >= 11 is 6.12. The number of hydrogen-bond acceptors (Lipinski definition) is 3. The van der Waals surface area contributed by atoms with E-state index >= 15 is 0 Å². The van der Waals surface area contributed by atoms with E-state index in [2.05, 4.69) is 15.0 Å². The zero-order chi connectivity index (χ0) is 12.5. The molecule has 0 spiro atoms. The number of methoxy groups -OCH3 is 1. The van der Waals surface area contributed by atoms with Crippen molar-refractivity contribution in [1.29, 1.82) is 0 Å². The molecule has 0 atom stereocenters. The van der Waals surface area contributed by atoms with Crippen molar-refractivity contribution in [1.82, 2.24) is 15.0 Å². The summed E-state index contributed by atoms with van der Waals surface area (Å²) in [6.45, 7) is 0. The maximum atomic E-state index is 6.12. The quantitative estimate of drug-likeness (QED) is 0.719. The number of aromatic nitrogens is 3. The van der Waals surface area contributed by atoms with Crippen LogP contribution in [0.1, 0.15) is 0 Å². The number of nitrogens with zero attached hydrogens (tertiary/aromatic N) is 2. The summed E-state index contributed by atoms with van der Waals surface area (Å²) in [7, 11) is 1.64.